The molecular weight excluding hydrogens is 326 g/mol. The smallest absolute Gasteiger partial charge is 0.335 e. The third-order valence-electron chi connectivity index (χ3n) is 3.14. The van der Waals surface area contributed by atoms with Crippen LogP contribution >= 0.6 is 12.2 Å². The fourth-order valence-electron chi connectivity index (χ4n) is 1.95. The molecule has 0 amide bonds. The number of hydrazone groups is 1. The number of aromatic carboxylic acids is 1. The molecule has 0 aliphatic carbocycles. The number of benzene rings is 1. The van der Waals surface area contributed by atoms with Crippen LogP contribution in [0.15, 0.2) is 52.5 Å². The second-order valence-corrected chi connectivity index (χ2v) is 5.31. The highest BCUT2D eigenvalue weighted by atomic mass is 32.1. The molecule has 0 fully saturated rings. The molecule has 3 N–H and O–H groups in total. The Kier molecular flexibility index (Phi) is 5.86. The summed E-state index contributed by atoms with van der Waals surface area (Å²) in [6.45, 7) is 6.01. The summed E-state index contributed by atoms with van der Waals surface area (Å²) >= 11 is 5.00. The number of carboxylic acids is 1. The van der Waals surface area contributed by atoms with E-state index in [0.29, 0.717) is 23.2 Å². The highest BCUT2D eigenvalue weighted by Crippen LogP contribution is 2.26. The van der Waals surface area contributed by atoms with E-state index in [-0.39, 0.29) is 5.56 Å². The first-order valence-electron chi connectivity index (χ1n) is 7.13. The third kappa shape index (κ3) is 4.53. The molecule has 0 aliphatic heterocycles. The van der Waals surface area contributed by atoms with Crippen molar-refractivity contribution >= 4 is 29.5 Å². The molecule has 6 nitrogen and oxygen atoms in total. The van der Waals surface area contributed by atoms with Gasteiger partial charge in [0.05, 0.1) is 11.8 Å². The third-order valence-corrected chi connectivity index (χ3v) is 3.38. The van der Waals surface area contributed by atoms with E-state index in [2.05, 4.69) is 22.4 Å². The maximum atomic E-state index is 11.1. The Labute approximate surface area is 144 Å². The molecule has 1 aromatic heterocycles. The molecule has 124 valence electrons. The van der Waals surface area contributed by atoms with Crippen molar-refractivity contribution in [3.8, 4) is 11.3 Å². The van der Waals surface area contributed by atoms with Gasteiger partial charge in [0.2, 0.25) is 0 Å². The van der Waals surface area contributed by atoms with Gasteiger partial charge in [0.25, 0.3) is 0 Å². The molecule has 2 rings (SSSR count). The van der Waals surface area contributed by atoms with Crippen molar-refractivity contribution in [3.05, 3.63) is 59.9 Å². The van der Waals surface area contributed by atoms with Gasteiger partial charge >= 0.3 is 5.97 Å². The van der Waals surface area contributed by atoms with Crippen LogP contribution in [0.4, 0.5) is 0 Å². The van der Waals surface area contributed by atoms with E-state index in [1.165, 1.54) is 6.21 Å². The second kappa shape index (κ2) is 8.07. The average Bonchev–Trinajstić information content (AvgIpc) is 3.01. The van der Waals surface area contributed by atoms with Crippen molar-refractivity contribution in [3.63, 3.8) is 0 Å². The zero-order chi connectivity index (χ0) is 17.5. The first-order chi connectivity index (χ1) is 11.5. The molecular formula is C17H17N3O3S. The summed E-state index contributed by atoms with van der Waals surface area (Å²) in [4.78, 5) is 11.1. The molecule has 0 radical (unpaired) electrons. The van der Waals surface area contributed by atoms with Crippen LogP contribution in [0.3, 0.4) is 0 Å². The van der Waals surface area contributed by atoms with Crippen LogP contribution in [0, 0.1) is 6.92 Å². The number of nitrogens with one attached hydrogen (secondary N) is 2. The molecule has 1 heterocycles. The Morgan fingerprint density at radius 2 is 2.21 bits per heavy atom. The van der Waals surface area contributed by atoms with Crippen molar-refractivity contribution in [2.75, 3.05) is 6.54 Å². The van der Waals surface area contributed by atoms with Crippen LogP contribution in [0.1, 0.15) is 21.7 Å². The molecule has 0 bridgehead atoms. The monoisotopic (exact) mass is 343 g/mol. The predicted octanol–water partition coefficient (Wildman–Crippen LogP) is 2.94. The lowest BCUT2D eigenvalue weighted by molar-refractivity contribution is 0.0697. The average molecular weight is 343 g/mol. The highest BCUT2D eigenvalue weighted by molar-refractivity contribution is 7.80. The molecule has 0 atom stereocenters. The van der Waals surface area contributed by atoms with Crippen molar-refractivity contribution in [2.24, 2.45) is 5.10 Å². The van der Waals surface area contributed by atoms with E-state index >= 15 is 0 Å². The molecule has 0 saturated heterocycles. The number of nitrogens with zero attached hydrogens (tertiary/aromatic N) is 1. The number of furan rings is 1. The van der Waals surface area contributed by atoms with Gasteiger partial charge in [0.15, 0.2) is 5.11 Å². The van der Waals surface area contributed by atoms with E-state index < -0.39 is 5.97 Å². The van der Waals surface area contributed by atoms with Crippen LogP contribution in [0.25, 0.3) is 11.3 Å². The quantitative estimate of drug-likeness (QED) is 0.324. The molecule has 0 unspecified atom stereocenters. The lowest BCUT2D eigenvalue weighted by Crippen LogP contribution is -2.31. The Bertz CT molecular complexity index is 796. The highest BCUT2D eigenvalue weighted by Gasteiger charge is 2.11. The Balaban J connectivity index is 2.11. The van der Waals surface area contributed by atoms with E-state index in [1.807, 2.05) is 6.92 Å². The van der Waals surface area contributed by atoms with E-state index in [4.69, 9.17) is 21.7 Å². The molecule has 24 heavy (non-hydrogen) atoms. The van der Waals surface area contributed by atoms with Gasteiger partial charge in [-0.2, -0.15) is 5.10 Å². The Hall–Kier alpha value is -2.93. The minimum atomic E-state index is -0.977. The molecule has 7 heteroatoms. The molecule has 1 aromatic carbocycles. The van der Waals surface area contributed by atoms with Crippen molar-refractivity contribution < 1.29 is 14.3 Å². The van der Waals surface area contributed by atoms with Gasteiger partial charge in [-0.1, -0.05) is 12.1 Å². The van der Waals surface area contributed by atoms with Crippen LogP contribution in [-0.4, -0.2) is 28.9 Å². The second-order valence-electron chi connectivity index (χ2n) is 4.91. The normalized spacial score (nSPS) is 10.5. The van der Waals surface area contributed by atoms with Crippen molar-refractivity contribution in [1.82, 2.24) is 10.7 Å². The first kappa shape index (κ1) is 17.4. The number of rotatable bonds is 6. The molecule has 0 saturated carbocycles. The van der Waals surface area contributed by atoms with Crippen LogP contribution in [0.5, 0.6) is 0 Å². The number of carboxylic acid groups (broad SMARTS) is 1. The number of hydrogen-bond acceptors (Lipinski definition) is 4. The number of carbonyl (C=O) groups is 1. The molecule has 0 spiro atoms. The van der Waals surface area contributed by atoms with Gasteiger partial charge in [0.1, 0.15) is 11.5 Å². The topological polar surface area (TPSA) is 86.9 Å². The van der Waals surface area contributed by atoms with Crippen LogP contribution < -0.4 is 10.7 Å². The SMILES string of the molecule is C=CCNC(=S)N/N=C\c1ccc(-c2cc(C(=O)O)ccc2C)o1. The van der Waals surface area contributed by atoms with E-state index in [1.54, 1.807) is 36.4 Å². The fraction of sp³-hybridized carbons (Fsp3) is 0.118. The predicted molar refractivity (Wildman–Crippen MR) is 97.4 cm³/mol. The summed E-state index contributed by atoms with van der Waals surface area (Å²) in [5.41, 5.74) is 4.51. The minimum absolute atomic E-state index is 0.211. The number of thiocarbonyl (C=S) groups is 1. The van der Waals surface area contributed by atoms with Gasteiger partial charge in [0, 0.05) is 12.1 Å². The van der Waals surface area contributed by atoms with E-state index in [9.17, 15) is 4.79 Å². The Morgan fingerprint density at radius 1 is 1.42 bits per heavy atom. The van der Waals surface area contributed by atoms with Gasteiger partial charge < -0.3 is 14.8 Å². The fourth-order valence-corrected chi connectivity index (χ4v) is 2.08. The first-order valence-corrected chi connectivity index (χ1v) is 7.54. The summed E-state index contributed by atoms with van der Waals surface area (Å²) in [5, 5.41) is 16.3. The maximum absolute atomic E-state index is 11.1. The van der Waals surface area contributed by atoms with E-state index in [0.717, 1.165) is 11.1 Å². The largest absolute Gasteiger partial charge is 0.478 e. The van der Waals surface area contributed by atoms with Gasteiger partial charge in [-0.05, 0) is 49.0 Å². The Morgan fingerprint density at radius 3 is 2.92 bits per heavy atom. The van der Waals surface area contributed by atoms with Gasteiger partial charge in [-0.15, -0.1) is 6.58 Å². The standard InChI is InChI=1S/C17H17N3O3S/c1-3-8-18-17(24)20-19-10-13-6-7-15(23-13)14-9-12(16(21)22)5-4-11(14)2/h3-7,9-10H,1,8H2,2H3,(H,21,22)(H2,18,20,24)/b19-10-. The number of hydrogen-bond donors (Lipinski definition) is 3. The summed E-state index contributed by atoms with van der Waals surface area (Å²) in [5.74, 6) is 0.114. The van der Waals surface area contributed by atoms with Gasteiger partial charge in [-0.25, -0.2) is 4.79 Å². The van der Waals surface area contributed by atoms with Crippen LogP contribution in [-0.2, 0) is 0 Å². The van der Waals surface area contributed by atoms with Crippen LogP contribution in [0.2, 0.25) is 0 Å². The lowest BCUT2D eigenvalue weighted by Gasteiger charge is -2.04. The number of aryl methyl sites for hydroxylation is 1. The molecule has 0 aliphatic rings. The van der Waals surface area contributed by atoms with Crippen molar-refractivity contribution in [1.29, 1.82) is 0 Å². The minimum Gasteiger partial charge on any atom is -0.478 e. The summed E-state index contributed by atoms with van der Waals surface area (Å²) < 4.78 is 5.69. The van der Waals surface area contributed by atoms with Gasteiger partial charge in [-0.3, -0.25) is 5.43 Å². The summed E-state index contributed by atoms with van der Waals surface area (Å²) in [6.07, 6.45) is 3.17. The zero-order valence-electron chi connectivity index (χ0n) is 13.1. The zero-order valence-corrected chi connectivity index (χ0v) is 13.9. The maximum Gasteiger partial charge on any atom is 0.335 e. The molecule has 2 aromatic rings. The summed E-state index contributed by atoms with van der Waals surface area (Å²) in [7, 11) is 0. The van der Waals surface area contributed by atoms with Crippen molar-refractivity contribution in [2.45, 2.75) is 6.92 Å². The summed E-state index contributed by atoms with van der Waals surface area (Å²) in [6, 6.07) is 8.41. The lowest BCUT2D eigenvalue weighted by atomic mass is 10.0.